The Labute approximate surface area is 178 Å². The van der Waals surface area contributed by atoms with E-state index in [0.717, 1.165) is 30.5 Å². The first-order chi connectivity index (χ1) is 14.3. The third-order valence-corrected chi connectivity index (χ3v) is 8.80. The van der Waals surface area contributed by atoms with Crippen LogP contribution in [0.3, 0.4) is 0 Å². The van der Waals surface area contributed by atoms with Crippen LogP contribution in [0.4, 0.5) is 17.1 Å². The van der Waals surface area contributed by atoms with Gasteiger partial charge in [0, 0.05) is 37.5 Å². The number of amides is 1. The van der Waals surface area contributed by atoms with Crippen LogP contribution in [-0.4, -0.2) is 43.7 Å². The number of fused-ring (bicyclic) bond motifs is 3. The van der Waals surface area contributed by atoms with Crippen molar-refractivity contribution < 1.29 is 13.2 Å². The van der Waals surface area contributed by atoms with Gasteiger partial charge < -0.3 is 5.32 Å². The third kappa shape index (κ3) is 2.83. The molecule has 1 N–H and O–H groups in total. The number of aromatic nitrogens is 2. The van der Waals surface area contributed by atoms with Crippen molar-refractivity contribution in [2.75, 3.05) is 33.8 Å². The largest absolute Gasteiger partial charge is 0.326 e. The number of carbonyl (C=O) groups excluding carboxylic acids is 1. The molecule has 11 heteroatoms. The lowest BCUT2D eigenvalue weighted by atomic mass is 10.2. The second-order valence-electron chi connectivity index (χ2n) is 7.71. The van der Waals surface area contributed by atoms with Gasteiger partial charge in [-0.15, -0.1) is 0 Å². The fourth-order valence-electron chi connectivity index (χ4n) is 4.28. The minimum Gasteiger partial charge on any atom is -0.326 e. The molecule has 2 aliphatic heterocycles. The highest BCUT2D eigenvalue weighted by Crippen LogP contribution is 2.40. The SMILES string of the molecule is CN1c2ccc(NC(=O)C[C@H]3CSc4nc5c(c(=O)n43)CCC5)cc2N(C)S1(=O)=O. The Bertz CT molecular complexity index is 1240. The predicted molar refractivity (Wildman–Crippen MR) is 116 cm³/mol. The quantitative estimate of drug-likeness (QED) is 0.716. The molecular formula is C19H21N5O4S2. The number of aryl methyl sites for hydroxylation is 1. The standard InChI is InChI=1S/C19H21N5O4S2/c1-22-15-7-6-11(8-16(15)23(2)30(22,27)28)20-17(25)9-12-10-29-19-21-14-5-3-4-13(14)18(26)24(12)19/h6-8,12H,3-5,9-10H2,1-2H3,(H,20,25)/t12-/m0/s1. The highest BCUT2D eigenvalue weighted by atomic mass is 32.2. The monoisotopic (exact) mass is 447 g/mol. The van der Waals surface area contributed by atoms with E-state index in [2.05, 4.69) is 10.3 Å². The number of nitrogens with zero attached hydrogens (tertiary/aromatic N) is 4. The molecule has 1 aromatic carbocycles. The Morgan fingerprint density at radius 1 is 1.23 bits per heavy atom. The van der Waals surface area contributed by atoms with Crippen molar-refractivity contribution in [1.29, 1.82) is 0 Å². The molecule has 0 fully saturated rings. The van der Waals surface area contributed by atoms with Crippen LogP contribution in [0.25, 0.3) is 0 Å². The van der Waals surface area contributed by atoms with E-state index >= 15 is 0 Å². The number of carbonyl (C=O) groups is 1. The van der Waals surface area contributed by atoms with E-state index in [4.69, 9.17) is 0 Å². The molecule has 158 valence electrons. The first-order valence-electron chi connectivity index (χ1n) is 9.71. The van der Waals surface area contributed by atoms with E-state index < -0.39 is 10.2 Å². The van der Waals surface area contributed by atoms with Gasteiger partial charge in [-0.1, -0.05) is 11.8 Å². The maximum Gasteiger partial charge on any atom is 0.326 e. The molecule has 0 unspecified atom stereocenters. The number of nitrogens with one attached hydrogen (secondary N) is 1. The summed E-state index contributed by atoms with van der Waals surface area (Å²) in [6.45, 7) is 0. The fraction of sp³-hybridized carbons (Fsp3) is 0.421. The summed E-state index contributed by atoms with van der Waals surface area (Å²) in [5.41, 5.74) is 3.27. The van der Waals surface area contributed by atoms with E-state index in [-0.39, 0.29) is 23.9 Å². The molecule has 2 aromatic rings. The zero-order valence-corrected chi connectivity index (χ0v) is 18.2. The predicted octanol–water partition coefficient (Wildman–Crippen LogP) is 1.54. The number of benzene rings is 1. The molecular weight excluding hydrogens is 426 g/mol. The summed E-state index contributed by atoms with van der Waals surface area (Å²) in [4.78, 5) is 30.2. The fourth-order valence-corrected chi connectivity index (χ4v) is 6.60. The Balaban J connectivity index is 1.35. The lowest BCUT2D eigenvalue weighted by molar-refractivity contribution is -0.116. The normalized spacial score (nSPS) is 20.8. The van der Waals surface area contributed by atoms with Crippen LogP contribution in [0.2, 0.25) is 0 Å². The zero-order chi connectivity index (χ0) is 21.2. The van der Waals surface area contributed by atoms with E-state index in [9.17, 15) is 18.0 Å². The lowest BCUT2D eigenvalue weighted by Gasteiger charge is -2.15. The van der Waals surface area contributed by atoms with Gasteiger partial charge in [0.2, 0.25) is 5.91 Å². The van der Waals surface area contributed by atoms with Gasteiger partial charge in [0.25, 0.3) is 5.56 Å². The van der Waals surface area contributed by atoms with Gasteiger partial charge >= 0.3 is 10.2 Å². The number of rotatable bonds is 3. The van der Waals surface area contributed by atoms with Crippen molar-refractivity contribution in [1.82, 2.24) is 9.55 Å². The topological polar surface area (TPSA) is 105 Å². The molecule has 0 radical (unpaired) electrons. The Morgan fingerprint density at radius 3 is 2.80 bits per heavy atom. The van der Waals surface area contributed by atoms with Crippen LogP contribution in [0.5, 0.6) is 0 Å². The van der Waals surface area contributed by atoms with Gasteiger partial charge in [0.15, 0.2) is 5.16 Å². The van der Waals surface area contributed by atoms with Gasteiger partial charge in [-0.25, -0.2) is 4.98 Å². The summed E-state index contributed by atoms with van der Waals surface area (Å²) in [6.07, 6.45) is 2.72. The first kappa shape index (κ1) is 19.4. The number of thioether (sulfide) groups is 1. The maximum absolute atomic E-state index is 12.9. The lowest BCUT2D eigenvalue weighted by Crippen LogP contribution is -2.32. The molecule has 0 saturated carbocycles. The van der Waals surface area contributed by atoms with Crippen LogP contribution < -0.4 is 19.5 Å². The van der Waals surface area contributed by atoms with Crippen LogP contribution in [-0.2, 0) is 27.8 Å². The van der Waals surface area contributed by atoms with Gasteiger partial charge in [-0.2, -0.15) is 8.42 Å². The van der Waals surface area contributed by atoms with Crippen molar-refractivity contribution in [2.45, 2.75) is 36.9 Å². The molecule has 5 rings (SSSR count). The van der Waals surface area contributed by atoms with Gasteiger partial charge in [0.1, 0.15) is 0 Å². The van der Waals surface area contributed by atoms with Crippen molar-refractivity contribution >= 4 is 44.9 Å². The third-order valence-electron chi connectivity index (χ3n) is 5.92. The molecule has 1 amide bonds. The molecule has 3 heterocycles. The van der Waals surface area contributed by atoms with Crippen molar-refractivity contribution in [3.05, 3.63) is 39.8 Å². The molecule has 0 saturated heterocycles. The van der Waals surface area contributed by atoms with Crippen molar-refractivity contribution in [3.63, 3.8) is 0 Å². The number of hydrogen-bond donors (Lipinski definition) is 1. The molecule has 30 heavy (non-hydrogen) atoms. The average Bonchev–Trinajstić information content (AvgIpc) is 3.37. The van der Waals surface area contributed by atoms with E-state index in [1.807, 2.05) is 0 Å². The minimum atomic E-state index is -3.56. The molecule has 1 atom stereocenters. The number of anilines is 3. The van der Waals surface area contributed by atoms with E-state index in [0.29, 0.717) is 28.0 Å². The van der Waals surface area contributed by atoms with Crippen LogP contribution >= 0.6 is 11.8 Å². The Kier molecular flexibility index (Phi) is 4.37. The smallest absolute Gasteiger partial charge is 0.326 e. The molecule has 3 aliphatic rings. The van der Waals surface area contributed by atoms with Crippen LogP contribution in [0.15, 0.2) is 28.2 Å². The first-order valence-corrected chi connectivity index (χ1v) is 12.1. The second-order valence-corrected chi connectivity index (χ2v) is 10.7. The second kappa shape index (κ2) is 6.74. The summed E-state index contributed by atoms with van der Waals surface area (Å²) in [7, 11) is -0.590. The Hall–Kier alpha value is -2.53. The molecule has 1 aliphatic carbocycles. The van der Waals surface area contributed by atoms with Crippen LogP contribution in [0.1, 0.15) is 30.1 Å². The summed E-state index contributed by atoms with van der Waals surface area (Å²) >= 11 is 1.51. The van der Waals surface area contributed by atoms with Crippen molar-refractivity contribution in [2.24, 2.45) is 0 Å². The summed E-state index contributed by atoms with van der Waals surface area (Å²) in [6, 6.07) is 4.76. The molecule has 0 bridgehead atoms. The summed E-state index contributed by atoms with van der Waals surface area (Å²) < 4.78 is 28.6. The number of hydrogen-bond acceptors (Lipinski definition) is 6. The van der Waals surface area contributed by atoms with Crippen molar-refractivity contribution in [3.8, 4) is 0 Å². The van der Waals surface area contributed by atoms with E-state index in [1.54, 1.807) is 22.8 Å². The highest BCUT2D eigenvalue weighted by molar-refractivity contribution is 7.99. The zero-order valence-electron chi connectivity index (χ0n) is 16.6. The molecule has 0 spiro atoms. The highest BCUT2D eigenvalue weighted by Gasteiger charge is 2.36. The van der Waals surface area contributed by atoms with Crippen LogP contribution in [0, 0.1) is 0 Å². The summed E-state index contributed by atoms with van der Waals surface area (Å²) in [5.74, 6) is 0.409. The van der Waals surface area contributed by atoms with E-state index in [1.165, 1.54) is 34.5 Å². The Morgan fingerprint density at radius 2 is 2.00 bits per heavy atom. The van der Waals surface area contributed by atoms with Gasteiger partial charge in [0.05, 0.1) is 23.1 Å². The van der Waals surface area contributed by atoms with Gasteiger partial charge in [-0.05, 0) is 37.5 Å². The molecule has 9 nitrogen and oxygen atoms in total. The molecule has 1 aromatic heterocycles. The van der Waals surface area contributed by atoms with Gasteiger partial charge in [-0.3, -0.25) is 22.8 Å². The minimum absolute atomic E-state index is 0.0114. The average molecular weight is 448 g/mol. The summed E-state index contributed by atoms with van der Waals surface area (Å²) in [5, 5.41) is 3.54. The maximum atomic E-state index is 12.9.